The van der Waals surface area contributed by atoms with Crippen molar-refractivity contribution >= 4 is 32.3 Å². The van der Waals surface area contributed by atoms with Crippen LogP contribution >= 0.6 is 11.3 Å². The Kier molecular flexibility index (Phi) is 2.90. The van der Waals surface area contributed by atoms with Crippen LogP contribution in [0.25, 0.3) is 31.6 Å². The molecule has 0 radical (unpaired) electrons. The van der Waals surface area contributed by atoms with E-state index in [0.29, 0.717) is 0 Å². The topological polar surface area (TPSA) is 12.9 Å². The highest BCUT2D eigenvalue weighted by Crippen LogP contribution is 2.56. The van der Waals surface area contributed by atoms with Crippen LogP contribution in [-0.4, -0.2) is 4.98 Å². The highest BCUT2D eigenvalue weighted by molar-refractivity contribution is 7.21. The molecule has 1 saturated carbocycles. The number of hydrogen-bond donors (Lipinski definition) is 0. The Morgan fingerprint density at radius 2 is 1.67 bits per heavy atom. The van der Waals surface area contributed by atoms with E-state index < -0.39 is 0 Å². The van der Waals surface area contributed by atoms with Gasteiger partial charge in [-0.25, -0.2) is 4.98 Å². The largest absolute Gasteiger partial charge is 0.236 e. The molecular weight excluding hydrogens is 310 g/mol. The van der Waals surface area contributed by atoms with Gasteiger partial charge in [0.25, 0.3) is 0 Å². The zero-order chi connectivity index (χ0) is 16.3. The zero-order valence-electron chi connectivity index (χ0n) is 13.9. The minimum atomic E-state index is 0.289. The lowest BCUT2D eigenvalue weighted by molar-refractivity contribution is 0.705. The predicted octanol–water partition coefficient (Wildman–Crippen LogP) is 6.41. The van der Waals surface area contributed by atoms with Crippen molar-refractivity contribution in [2.75, 3.05) is 0 Å². The molecule has 1 aromatic heterocycles. The average Bonchev–Trinajstić information content (AvgIpc) is 3.04. The van der Waals surface area contributed by atoms with Gasteiger partial charge in [0.15, 0.2) is 0 Å². The van der Waals surface area contributed by atoms with Crippen LogP contribution in [0.4, 0.5) is 0 Å². The van der Waals surface area contributed by atoms with Crippen molar-refractivity contribution in [3.8, 4) is 10.6 Å². The van der Waals surface area contributed by atoms with Gasteiger partial charge in [-0.1, -0.05) is 50.2 Å². The number of hydrogen-bond acceptors (Lipinski definition) is 2. The van der Waals surface area contributed by atoms with Crippen molar-refractivity contribution in [1.29, 1.82) is 0 Å². The van der Waals surface area contributed by atoms with Crippen LogP contribution in [-0.2, 0) is 5.41 Å². The number of aromatic nitrogens is 1. The summed E-state index contributed by atoms with van der Waals surface area (Å²) in [5, 5.41) is 3.78. The van der Waals surface area contributed by atoms with Gasteiger partial charge in [0.2, 0.25) is 0 Å². The first-order valence-corrected chi connectivity index (χ1v) is 9.36. The fourth-order valence-electron chi connectivity index (χ4n) is 3.83. The Hall–Kier alpha value is -2.19. The smallest absolute Gasteiger partial charge is 0.124 e. The van der Waals surface area contributed by atoms with Crippen molar-refractivity contribution < 1.29 is 0 Å². The summed E-state index contributed by atoms with van der Waals surface area (Å²) >= 11 is 1.81. The molecule has 0 saturated heterocycles. The molecule has 2 atom stereocenters. The molecule has 0 amide bonds. The monoisotopic (exact) mass is 329 g/mol. The normalized spacial score (nSPS) is 23.0. The molecule has 0 aliphatic heterocycles. The average molecular weight is 329 g/mol. The van der Waals surface area contributed by atoms with Gasteiger partial charge in [-0.05, 0) is 58.4 Å². The summed E-state index contributed by atoms with van der Waals surface area (Å²) in [6.07, 6.45) is 1.27. The van der Waals surface area contributed by atoms with Gasteiger partial charge < -0.3 is 0 Å². The number of fused-ring (bicyclic) bond motifs is 2. The second kappa shape index (κ2) is 4.90. The molecule has 24 heavy (non-hydrogen) atoms. The fraction of sp³-hybridized carbons (Fsp3) is 0.227. The van der Waals surface area contributed by atoms with Crippen molar-refractivity contribution in [2.45, 2.75) is 25.7 Å². The third-order valence-corrected chi connectivity index (χ3v) is 6.75. The van der Waals surface area contributed by atoms with Gasteiger partial charge in [0, 0.05) is 5.56 Å². The lowest BCUT2D eigenvalue weighted by Crippen LogP contribution is -2.05. The molecule has 0 bridgehead atoms. The minimum Gasteiger partial charge on any atom is -0.236 e. The quantitative estimate of drug-likeness (QED) is 0.414. The van der Waals surface area contributed by atoms with E-state index in [2.05, 4.69) is 74.5 Å². The first-order valence-electron chi connectivity index (χ1n) is 8.54. The molecule has 0 N–H and O–H groups in total. The highest BCUT2D eigenvalue weighted by Gasteiger charge is 2.49. The van der Waals surface area contributed by atoms with Crippen LogP contribution in [0.5, 0.6) is 0 Å². The van der Waals surface area contributed by atoms with Crippen molar-refractivity contribution in [1.82, 2.24) is 4.98 Å². The molecule has 2 unspecified atom stereocenters. The van der Waals surface area contributed by atoms with Gasteiger partial charge in [-0.15, -0.1) is 11.3 Å². The van der Waals surface area contributed by atoms with E-state index in [4.69, 9.17) is 4.98 Å². The minimum absolute atomic E-state index is 0.289. The van der Waals surface area contributed by atoms with E-state index in [1.807, 2.05) is 11.3 Å². The van der Waals surface area contributed by atoms with Gasteiger partial charge in [-0.3, -0.25) is 0 Å². The summed E-state index contributed by atoms with van der Waals surface area (Å²) in [7, 11) is 0. The second-order valence-corrected chi connectivity index (χ2v) is 8.28. The van der Waals surface area contributed by atoms with Crippen molar-refractivity contribution in [2.24, 2.45) is 5.92 Å². The summed E-state index contributed by atoms with van der Waals surface area (Å²) in [5.41, 5.74) is 4.18. The van der Waals surface area contributed by atoms with Crippen LogP contribution in [0.15, 0.2) is 60.7 Å². The second-order valence-electron chi connectivity index (χ2n) is 7.25. The van der Waals surface area contributed by atoms with E-state index in [1.165, 1.54) is 33.0 Å². The summed E-state index contributed by atoms with van der Waals surface area (Å²) in [6, 6.07) is 21.8. The molecular formula is C22H19NS. The maximum absolute atomic E-state index is 4.94. The maximum Gasteiger partial charge on any atom is 0.124 e. The third-order valence-electron chi connectivity index (χ3n) is 5.68. The Labute approximate surface area is 146 Å². The summed E-state index contributed by atoms with van der Waals surface area (Å²) in [4.78, 5) is 4.94. The van der Waals surface area contributed by atoms with E-state index in [9.17, 15) is 0 Å². The molecule has 1 aliphatic rings. The number of nitrogens with zero attached hydrogens (tertiary/aromatic N) is 1. The third kappa shape index (κ3) is 2.03. The first kappa shape index (κ1) is 14.2. The maximum atomic E-state index is 4.94. The fourth-order valence-corrected chi connectivity index (χ4v) is 4.83. The van der Waals surface area contributed by atoms with E-state index in [1.54, 1.807) is 0 Å². The lowest BCUT2D eigenvalue weighted by Gasteiger charge is -2.16. The molecule has 5 rings (SSSR count). The summed E-state index contributed by atoms with van der Waals surface area (Å²) in [6.45, 7) is 4.76. The van der Waals surface area contributed by atoms with Crippen LogP contribution in [0.3, 0.4) is 0 Å². The first-order chi connectivity index (χ1) is 11.6. The summed E-state index contributed by atoms with van der Waals surface area (Å²) in [5.74, 6) is 0.742. The molecule has 1 heterocycles. The van der Waals surface area contributed by atoms with Crippen LogP contribution in [0.2, 0.25) is 0 Å². The molecule has 1 aliphatic carbocycles. The lowest BCUT2D eigenvalue weighted by atomic mass is 9.89. The molecule has 4 aromatic rings. The van der Waals surface area contributed by atoms with Crippen LogP contribution in [0, 0.1) is 5.92 Å². The van der Waals surface area contributed by atoms with E-state index >= 15 is 0 Å². The Bertz CT molecular complexity index is 1040. The molecule has 118 valence electrons. The van der Waals surface area contributed by atoms with Crippen molar-refractivity contribution in [3.05, 3.63) is 66.2 Å². The standard InChI is InChI=1S/C22H19NS/c1-14-13-22(14,2)18-12-16-8-4-3-7-15(16)11-17(18)21-23-19-9-5-6-10-20(19)24-21/h3-12,14H,13H2,1-2H3. The number of benzene rings is 3. The Balaban J connectivity index is 1.81. The van der Waals surface area contributed by atoms with Gasteiger partial charge >= 0.3 is 0 Å². The Morgan fingerprint density at radius 1 is 1.00 bits per heavy atom. The molecule has 2 heteroatoms. The van der Waals surface area contributed by atoms with E-state index in [0.717, 1.165) is 16.4 Å². The molecule has 0 spiro atoms. The molecule has 1 nitrogen and oxygen atoms in total. The van der Waals surface area contributed by atoms with Crippen LogP contribution < -0.4 is 0 Å². The summed E-state index contributed by atoms with van der Waals surface area (Å²) < 4.78 is 1.26. The van der Waals surface area contributed by atoms with E-state index in [-0.39, 0.29) is 5.41 Å². The number of rotatable bonds is 2. The SMILES string of the molecule is CC1CC1(C)c1cc2ccccc2cc1-c1nc2ccccc2s1. The molecule has 1 fully saturated rings. The Morgan fingerprint density at radius 3 is 2.38 bits per heavy atom. The van der Waals surface area contributed by atoms with Gasteiger partial charge in [0.05, 0.1) is 10.2 Å². The number of para-hydroxylation sites is 1. The van der Waals surface area contributed by atoms with Crippen molar-refractivity contribution in [3.63, 3.8) is 0 Å². The predicted molar refractivity (Wildman–Crippen MR) is 104 cm³/mol. The zero-order valence-corrected chi connectivity index (χ0v) is 14.7. The van der Waals surface area contributed by atoms with Gasteiger partial charge in [-0.2, -0.15) is 0 Å². The highest BCUT2D eigenvalue weighted by atomic mass is 32.1. The van der Waals surface area contributed by atoms with Gasteiger partial charge in [0.1, 0.15) is 5.01 Å². The number of thiazole rings is 1. The molecule has 3 aromatic carbocycles. The van der Waals surface area contributed by atoms with Crippen LogP contribution in [0.1, 0.15) is 25.8 Å².